The van der Waals surface area contributed by atoms with Crippen molar-refractivity contribution in [3.05, 3.63) is 0 Å². The average molecular weight is 226 g/mol. The van der Waals surface area contributed by atoms with Crippen LogP contribution in [0, 0.1) is 17.8 Å². The van der Waals surface area contributed by atoms with Crippen LogP contribution in [0.1, 0.15) is 52.9 Å². The van der Waals surface area contributed by atoms with Crippen molar-refractivity contribution in [1.29, 1.82) is 0 Å². The third-order valence-electron chi connectivity index (χ3n) is 4.18. The Balaban J connectivity index is 1.91. The number of ether oxygens (including phenoxy) is 2. The van der Waals surface area contributed by atoms with Gasteiger partial charge in [0.25, 0.3) is 0 Å². The molecular weight excluding hydrogens is 200 g/mol. The lowest BCUT2D eigenvalue weighted by Crippen LogP contribution is -2.36. The maximum Gasteiger partial charge on any atom is 0.158 e. The first-order valence-corrected chi connectivity index (χ1v) is 6.94. The van der Waals surface area contributed by atoms with E-state index >= 15 is 0 Å². The van der Waals surface area contributed by atoms with Gasteiger partial charge in [-0.2, -0.15) is 0 Å². The lowest BCUT2D eigenvalue weighted by molar-refractivity contribution is -0.174. The van der Waals surface area contributed by atoms with E-state index in [0.717, 1.165) is 30.8 Å². The van der Waals surface area contributed by atoms with Gasteiger partial charge in [0.15, 0.2) is 6.29 Å². The van der Waals surface area contributed by atoms with Crippen molar-refractivity contribution in [2.24, 2.45) is 17.8 Å². The van der Waals surface area contributed by atoms with Crippen molar-refractivity contribution < 1.29 is 9.47 Å². The molecule has 1 saturated heterocycles. The van der Waals surface area contributed by atoms with E-state index in [1.165, 1.54) is 25.7 Å². The van der Waals surface area contributed by atoms with Crippen molar-refractivity contribution in [3.8, 4) is 0 Å². The summed E-state index contributed by atoms with van der Waals surface area (Å²) in [4.78, 5) is 0. The summed E-state index contributed by atoms with van der Waals surface area (Å²) in [7, 11) is 0. The van der Waals surface area contributed by atoms with Crippen LogP contribution in [-0.4, -0.2) is 19.0 Å². The van der Waals surface area contributed by atoms with E-state index in [0.29, 0.717) is 6.10 Å². The van der Waals surface area contributed by atoms with E-state index in [9.17, 15) is 0 Å². The van der Waals surface area contributed by atoms with Gasteiger partial charge in [-0.3, -0.25) is 0 Å². The largest absolute Gasteiger partial charge is 0.353 e. The van der Waals surface area contributed by atoms with E-state index < -0.39 is 0 Å². The highest BCUT2D eigenvalue weighted by molar-refractivity contribution is 4.82. The van der Waals surface area contributed by atoms with Gasteiger partial charge in [-0.15, -0.1) is 0 Å². The van der Waals surface area contributed by atoms with E-state index in [2.05, 4.69) is 20.8 Å². The summed E-state index contributed by atoms with van der Waals surface area (Å²) in [5.74, 6) is 2.29. The van der Waals surface area contributed by atoms with Crippen LogP contribution in [0.25, 0.3) is 0 Å². The lowest BCUT2D eigenvalue weighted by Gasteiger charge is -2.38. The molecule has 4 atom stereocenters. The molecule has 94 valence electrons. The molecule has 0 radical (unpaired) electrons. The van der Waals surface area contributed by atoms with Gasteiger partial charge in [0.1, 0.15) is 0 Å². The molecule has 2 fully saturated rings. The summed E-state index contributed by atoms with van der Waals surface area (Å²) < 4.78 is 11.8. The van der Waals surface area contributed by atoms with Gasteiger partial charge in [-0.05, 0) is 37.0 Å². The molecule has 1 aliphatic carbocycles. The number of hydrogen-bond acceptors (Lipinski definition) is 2. The molecule has 0 aromatic carbocycles. The maximum absolute atomic E-state index is 6.17. The zero-order chi connectivity index (χ0) is 11.5. The molecule has 0 amide bonds. The molecule has 1 heterocycles. The molecule has 2 rings (SSSR count). The van der Waals surface area contributed by atoms with Crippen molar-refractivity contribution in [2.75, 3.05) is 6.61 Å². The van der Waals surface area contributed by atoms with Gasteiger partial charge >= 0.3 is 0 Å². The van der Waals surface area contributed by atoms with Crippen LogP contribution in [-0.2, 0) is 9.47 Å². The van der Waals surface area contributed by atoms with Gasteiger partial charge in [-0.25, -0.2) is 0 Å². The Morgan fingerprint density at radius 3 is 2.62 bits per heavy atom. The lowest BCUT2D eigenvalue weighted by atomic mass is 9.75. The minimum Gasteiger partial charge on any atom is -0.353 e. The first-order valence-electron chi connectivity index (χ1n) is 6.94. The van der Waals surface area contributed by atoms with Crippen LogP contribution in [0.4, 0.5) is 0 Å². The maximum atomic E-state index is 6.17. The second kappa shape index (κ2) is 5.50. The molecule has 0 aromatic heterocycles. The van der Waals surface area contributed by atoms with Crippen molar-refractivity contribution in [3.63, 3.8) is 0 Å². The quantitative estimate of drug-likeness (QED) is 0.732. The summed E-state index contributed by atoms with van der Waals surface area (Å²) in [5.41, 5.74) is 0. The molecule has 0 spiro atoms. The van der Waals surface area contributed by atoms with Gasteiger partial charge in [0.05, 0.1) is 6.10 Å². The summed E-state index contributed by atoms with van der Waals surface area (Å²) in [6, 6.07) is 0. The highest BCUT2D eigenvalue weighted by Crippen LogP contribution is 2.36. The smallest absolute Gasteiger partial charge is 0.158 e. The second-order valence-electron chi connectivity index (χ2n) is 5.94. The highest BCUT2D eigenvalue weighted by atomic mass is 16.7. The fraction of sp³-hybridized carbons (Fsp3) is 1.00. The molecule has 0 N–H and O–H groups in total. The number of rotatable bonds is 3. The predicted molar refractivity (Wildman–Crippen MR) is 65.2 cm³/mol. The SMILES string of the molecule is CC1CCC(C(C)C)C(OC2CCCO2)C1. The normalized spacial score (nSPS) is 40.5. The van der Waals surface area contributed by atoms with Gasteiger partial charge < -0.3 is 9.47 Å². The average Bonchev–Trinajstić information content (AvgIpc) is 2.70. The highest BCUT2D eigenvalue weighted by Gasteiger charge is 2.33. The molecule has 2 aliphatic rings. The van der Waals surface area contributed by atoms with Crippen LogP contribution >= 0.6 is 0 Å². The van der Waals surface area contributed by atoms with E-state index in [1.807, 2.05) is 0 Å². The third kappa shape index (κ3) is 2.98. The summed E-state index contributed by atoms with van der Waals surface area (Å²) in [5, 5.41) is 0. The Kier molecular flexibility index (Phi) is 4.26. The second-order valence-corrected chi connectivity index (χ2v) is 5.94. The fourth-order valence-corrected chi connectivity index (χ4v) is 3.12. The van der Waals surface area contributed by atoms with Crippen molar-refractivity contribution in [1.82, 2.24) is 0 Å². The minimum absolute atomic E-state index is 0.0940. The van der Waals surface area contributed by atoms with Crippen LogP contribution in [0.2, 0.25) is 0 Å². The van der Waals surface area contributed by atoms with Gasteiger partial charge in [-0.1, -0.05) is 27.2 Å². The standard InChI is InChI=1S/C14H26O2/c1-10(2)12-7-6-11(3)9-13(12)16-14-5-4-8-15-14/h10-14H,4-9H2,1-3H3. The first kappa shape index (κ1) is 12.4. The van der Waals surface area contributed by atoms with E-state index in [1.54, 1.807) is 0 Å². The molecule has 1 saturated carbocycles. The topological polar surface area (TPSA) is 18.5 Å². The molecule has 2 nitrogen and oxygen atoms in total. The fourth-order valence-electron chi connectivity index (χ4n) is 3.12. The van der Waals surface area contributed by atoms with Gasteiger partial charge in [0, 0.05) is 13.0 Å². The zero-order valence-corrected chi connectivity index (χ0v) is 10.9. The molecule has 4 unspecified atom stereocenters. The summed E-state index contributed by atoms with van der Waals surface area (Å²) in [6.07, 6.45) is 6.71. The predicted octanol–water partition coefficient (Wildman–Crippen LogP) is 3.60. The van der Waals surface area contributed by atoms with Crippen LogP contribution in [0.15, 0.2) is 0 Å². The molecule has 0 bridgehead atoms. The van der Waals surface area contributed by atoms with E-state index in [-0.39, 0.29) is 6.29 Å². The Morgan fingerprint density at radius 2 is 2.00 bits per heavy atom. The number of hydrogen-bond donors (Lipinski definition) is 0. The minimum atomic E-state index is 0.0940. The Bertz CT molecular complexity index is 209. The Labute approximate surface area is 99.7 Å². The Hall–Kier alpha value is -0.0800. The Morgan fingerprint density at radius 1 is 1.19 bits per heavy atom. The van der Waals surface area contributed by atoms with E-state index in [4.69, 9.17) is 9.47 Å². The summed E-state index contributed by atoms with van der Waals surface area (Å²) >= 11 is 0. The first-order chi connectivity index (χ1) is 7.66. The van der Waals surface area contributed by atoms with Crippen LogP contribution < -0.4 is 0 Å². The monoisotopic (exact) mass is 226 g/mol. The third-order valence-corrected chi connectivity index (χ3v) is 4.18. The molecule has 0 aromatic rings. The molecular formula is C14H26O2. The van der Waals surface area contributed by atoms with Crippen molar-refractivity contribution >= 4 is 0 Å². The molecule has 2 heteroatoms. The van der Waals surface area contributed by atoms with Crippen LogP contribution in [0.3, 0.4) is 0 Å². The zero-order valence-electron chi connectivity index (χ0n) is 10.9. The van der Waals surface area contributed by atoms with Crippen molar-refractivity contribution in [2.45, 2.75) is 65.3 Å². The molecule has 16 heavy (non-hydrogen) atoms. The summed E-state index contributed by atoms with van der Waals surface area (Å²) in [6.45, 7) is 7.89. The van der Waals surface area contributed by atoms with Crippen LogP contribution in [0.5, 0.6) is 0 Å². The molecule has 1 aliphatic heterocycles. The van der Waals surface area contributed by atoms with Gasteiger partial charge in [0.2, 0.25) is 0 Å².